The molecule has 1 aromatic carbocycles. The molecule has 0 saturated carbocycles. The highest BCUT2D eigenvalue weighted by molar-refractivity contribution is 7.99. The maximum atomic E-state index is 13.6. The molecule has 0 spiro atoms. The first-order chi connectivity index (χ1) is 10.2. The largest absolute Gasteiger partial charge is 0.327 e. The lowest BCUT2D eigenvalue weighted by Gasteiger charge is -2.22. The number of aryl methyl sites for hydroxylation is 1. The van der Waals surface area contributed by atoms with Gasteiger partial charge in [0.15, 0.2) is 0 Å². The number of fused-ring (bicyclic) bond motifs is 1. The minimum Gasteiger partial charge on any atom is -0.327 e. The molecule has 1 fully saturated rings. The van der Waals surface area contributed by atoms with Gasteiger partial charge in [0.1, 0.15) is 11.6 Å². The maximum Gasteiger partial charge on any atom is 0.144 e. The second-order valence-corrected chi connectivity index (χ2v) is 7.51. The molecule has 2 aromatic rings. The molecule has 1 aliphatic heterocycles. The summed E-state index contributed by atoms with van der Waals surface area (Å²) in [7, 11) is 0. The van der Waals surface area contributed by atoms with Gasteiger partial charge in [-0.2, -0.15) is 11.8 Å². The Kier molecular flexibility index (Phi) is 4.97. The van der Waals surface area contributed by atoms with E-state index in [0.717, 1.165) is 17.9 Å². The number of nitrogens with zero attached hydrogens (tertiary/aromatic N) is 2. The molecule has 0 aliphatic carbocycles. The summed E-state index contributed by atoms with van der Waals surface area (Å²) in [6, 6.07) is 3.10. The van der Waals surface area contributed by atoms with Crippen molar-refractivity contribution in [2.75, 3.05) is 11.6 Å². The number of hydrogen-bond donors (Lipinski definition) is 0. The quantitative estimate of drug-likeness (QED) is 0.733. The predicted molar refractivity (Wildman–Crippen MR) is 89.2 cm³/mol. The highest BCUT2D eigenvalue weighted by Crippen LogP contribution is 2.30. The Balaban J connectivity index is 2.00. The van der Waals surface area contributed by atoms with Crippen LogP contribution >= 0.6 is 35.0 Å². The van der Waals surface area contributed by atoms with E-state index in [1.165, 1.54) is 31.1 Å². The Bertz CT molecular complexity index is 638. The van der Waals surface area contributed by atoms with Gasteiger partial charge in [-0.1, -0.05) is 18.0 Å². The second kappa shape index (κ2) is 6.76. The van der Waals surface area contributed by atoms with Crippen LogP contribution in [0.1, 0.15) is 25.1 Å². The topological polar surface area (TPSA) is 17.8 Å². The van der Waals surface area contributed by atoms with E-state index in [-0.39, 0.29) is 5.02 Å². The summed E-state index contributed by atoms with van der Waals surface area (Å²) >= 11 is 13.8. The first-order valence-electron chi connectivity index (χ1n) is 7.21. The average Bonchev–Trinajstić information content (AvgIpc) is 2.79. The number of hydrogen-bond acceptors (Lipinski definition) is 2. The molecular formula is C15H17Cl2FN2S. The van der Waals surface area contributed by atoms with Gasteiger partial charge in [0, 0.05) is 30.2 Å². The van der Waals surface area contributed by atoms with Gasteiger partial charge in [-0.25, -0.2) is 9.37 Å². The molecule has 0 amide bonds. The Morgan fingerprint density at radius 2 is 2.24 bits per heavy atom. The Hall–Kier alpha value is -0.450. The molecule has 1 atom stereocenters. The zero-order valence-electron chi connectivity index (χ0n) is 11.6. The molecule has 2 heterocycles. The molecule has 0 radical (unpaired) electrons. The number of benzene rings is 1. The Labute approximate surface area is 138 Å². The van der Waals surface area contributed by atoms with Crippen molar-refractivity contribution >= 4 is 46.0 Å². The number of rotatable bonds is 4. The molecule has 2 nitrogen and oxygen atoms in total. The van der Waals surface area contributed by atoms with E-state index in [9.17, 15) is 4.39 Å². The molecule has 21 heavy (non-hydrogen) atoms. The van der Waals surface area contributed by atoms with Gasteiger partial charge >= 0.3 is 0 Å². The average molecular weight is 347 g/mol. The van der Waals surface area contributed by atoms with Crippen LogP contribution in [0.5, 0.6) is 0 Å². The van der Waals surface area contributed by atoms with E-state index >= 15 is 0 Å². The van der Waals surface area contributed by atoms with Crippen LogP contribution in [0.4, 0.5) is 4.39 Å². The number of aromatic nitrogens is 2. The molecule has 1 unspecified atom stereocenters. The summed E-state index contributed by atoms with van der Waals surface area (Å²) in [5, 5.41) is 0.742. The summed E-state index contributed by atoms with van der Waals surface area (Å²) in [5.41, 5.74) is 1.57. The summed E-state index contributed by atoms with van der Waals surface area (Å²) in [6.07, 6.45) is 4.49. The van der Waals surface area contributed by atoms with Crippen LogP contribution in [0.25, 0.3) is 11.0 Å². The van der Waals surface area contributed by atoms with Gasteiger partial charge in [0.2, 0.25) is 0 Å². The monoisotopic (exact) mass is 346 g/mol. The van der Waals surface area contributed by atoms with Gasteiger partial charge in [0.05, 0.1) is 16.1 Å². The summed E-state index contributed by atoms with van der Waals surface area (Å²) in [5.74, 6) is 2.24. The van der Waals surface area contributed by atoms with Gasteiger partial charge in [-0.3, -0.25) is 0 Å². The lowest BCUT2D eigenvalue weighted by atomic mass is 10.2. The van der Waals surface area contributed by atoms with Gasteiger partial charge in [0.25, 0.3) is 0 Å². The summed E-state index contributed by atoms with van der Waals surface area (Å²) in [6.45, 7) is 0.898. The molecule has 6 heteroatoms. The van der Waals surface area contributed by atoms with Crippen LogP contribution in [-0.4, -0.2) is 26.4 Å². The van der Waals surface area contributed by atoms with E-state index in [4.69, 9.17) is 23.2 Å². The third-order valence-corrected chi connectivity index (χ3v) is 5.71. The lowest BCUT2D eigenvalue weighted by molar-refractivity contribution is 0.577. The minimum absolute atomic E-state index is 0.150. The number of halogens is 3. The highest BCUT2D eigenvalue weighted by atomic mass is 35.5. The summed E-state index contributed by atoms with van der Waals surface area (Å²) < 4.78 is 15.8. The first kappa shape index (κ1) is 15.4. The molecule has 0 N–H and O–H groups in total. The highest BCUT2D eigenvalue weighted by Gasteiger charge is 2.19. The molecule has 3 rings (SSSR count). The standard InChI is InChI=1S/C15H17Cl2FN2S/c16-5-4-15-19-13-8-12(18)11(17)7-14(13)20(15)9-10-3-1-2-6-21-10/h7-8,10H,1-6,9H2. The molecule has 114 valence electrons. The van der Waals surface area contributed by atoms with Crippen LogP contribution in [0.2, 0.25) is 5.02 Å². The van der Waals surface area contributed by atoms with Crippen molar-refractivity contribution < 1.29 is 4.39 Å². The maximum absolute atomic E-state index is 13.6. The Morgan fingerprint density at radius 3 is 2.95 bits per heavy atom. The van der Waals surface area contributed by atoms with E-state index < -0.39 is 5.82 Å². The first-order valence-corrected chi connectivity index (χ1v) is 9.17. The molecule has 0 bridgehead atoms. The number of imidazole rings is 1. The third-order valence-electron chi connectivity index (χ3n) is 3.85. The fraction of sp³-hybridized carbons (Fsp3) is 0.533. The van der Waals surface area contributed by atoms with Crippen molar-refractivity contribution in [3.63, 3.8) is 0 Å². The molecule has 1 saturated heterocycles. The van der Waals surface area contributed by atoms with E-state index in [0.29, 0.717) is 23.1 Å². The summed E-state index contributed by atoms with van der Waals surface area (Å²) in [4.78, 5) is 4.54. The van der Waals surface area contributed by atoms with Crippen molar-refractivity contribution in [3.05, 3.63) is 28.8 Å². The van der Waals surface area contributed by atoms with Gasteiger partial charge in [-0.15, -0.1) is 11.6 Å². The van der Waals surface area contributed by atoms with E-state index in [2.05, 4.69) is 9.55 Å². The lowest BCUT2D eigenvalue weighted by Crippen LogP contribution is -2.18. The number of alkyl halides is 1. The van der Waals surface area contributed by atoms with Crippen LogP contribution in [-0.2, 0) is 13.0 Å². The van der Waals surface area contributed by atoms with Crippen molar-refractivity contribution in [2.45, 2.75) is 37.5 Å². The van der Waals surface area contributed by atoms with Crippen LogP contribution in [0.3, 0.4) is 0 Å². The fourth-order valence-electron chi connectivity index (χ4n) is 2.80. The zero-order valence-corrected chi connectivity index (χ0v) is 13.9. The van der Waals surface area contributed by atoms with Gasteiger partial charge < -0.3 is 4.57 Å². The van der Waals surface area contributed by atoms with Gasteiger partial charge in [-0.05, 0) is 24.7 Å². The van der Waals surface area contributed by atoms with Crippen molar-refractivity contribution in [3.8, 4) is 0 Å². The van der Waals surface area contributed by atoms with Crippen molar-refractivity contribution in [1.82, 2.24) is 9.55 Å². The number of thioether (sulfide) groups is 1. The molecular weight excluding hydrogens is 330 g/mol. The van der Waals surface area contributed by atoms with Crippen LogP contribution in [0.15, 0.2) is 12.1 Å². The van der Waals surface area contributed by atoms with E-state index in [1.807, 2.05) is 11.8 Å². The fourth-order valence-corrected chi connectivity index (χ4v) is 4.42. The molecule has 1 aromatic heterocycles. The zero-order chi connectivity index (χ0) is 14.8. The minimum atomic E-state index is -0.418. The van der Waals surface area contributed by atoms with Crippen LogP contribution in [0, 0.1) is 5.82 Å². The third kappa shape index (κ3) is 3.33. The second-order valence-electron chi connectivity index (χ2n) is 5.32. The van der Waals surface area contributed by atoms with Crippen molar-refractivity contribution in [1.29, 1.82) is 0 Å². The Morgan fingerprint density at radius 1 is 1.38 bits per heavy atom. The van der Waals surface area contributed by atoms with Crippen LogP contribution < -0.4 is 0 Å². The predicted octanol–water partition coefficient (Wildman–Crippen LogP) is 4.90. The van der Waals surface area contributed by atoms with E-state index in [1.54, 1.807) is 6.07 Å². The molecule has 1 aliphatic rings. The smallest absolute Gasteiger partial charge is 0.144 e. The van der Waals surface area contributed by atoms with Crippen molar-refractivity contribution in [2.24, 2.45) is 0 Å². The SMILES string of the molecule is Fc1cc2nc(CCCl)n(CC3CCCCS3)c2cc1Cl. The normalized spacial score (nSPS) is 19.3.